The third kappa shape index (κ3) is 1.52. The maximum absolute atomic E-state index is 3.30. The predicted octanol–water partition coefficient (Wildman–Crippen LogP) is 3.05. The molecule has 0 amide bonds. The Hall–Kier alpha value is -1.57. The van der Waals surface area contributed by atoms with Crippen molar-refractivity contribution in [2.24, 2.45) is 0 Å². The van der Waals surface area contributed by atoms with Crippen LogP contribution in [0.3, 0.4) is 0 Å². The Bertz CT molecular complexity index is 611. The van der Waals surface area contributed by atoms with E-state index in [9.17, 15) is 0 Å². The molecule has 0 N–H and O–H groups in total. The first kappa shape index (κ1) is 11.5. The van der Waals surface area contributed by atoms with Gasteiger partial charge in [-0.05, 0) is 18.4 Å². The van der Waals surface area contributed by atoms with Crippen molar-refractivity contribution < 1.29 is 20.1 Å². The minimum absolute atomic E-state index is 0. The van der Waals surface area contributed by atoms with Gasteiger partial charge in [-0.3, -0.25) is 0 Å². The minimum Gasteiger partial charge on any atom is -0.493 e. The molecule has 3 aliphatic heterocycles. The smallest absolute Gasteiger partial charge is 0.0339 e. The number of allylic oxidation sites excluding steroid dienone is 4. The number of hydrogen-bond acceptors (Lipinski definition) is 2. The van der Waals surface area contributed by atoms with Crippen LogP contribution in [0, 0.1) is 12.7 Å². The van der Waals surface area contributed by atoms with E-state index in [4.69, 9.17) is 0 Å². The summed E-state index contributed by atoms with van der Waals surface area (Å²) in [4.78, 5) is 4.32. The van der Waals surface area contributed by atoms with Gasteiger partial charge in [0.15, 0.2) is 0 Å². The average Bonchev–Trinajstić information content (AvgIpc) is 2.78. The van der Waals surface area contributed by atoms with Crippen LogP contribution in [0.25, 0.3) is 6.08 Å². The van der Waals surface area contributed by atoms with Gasteiger partial charge in [-0.25, -0.2) is 0 Å². The van der Waals surface area contributed by atoms with Crippen LogP contribution in [0.2, 0.25) is 0 Å². The largest absolute Gasteiger partial charge is 0.493 e. The molecule has 0 atom stereocenters. The molecule has 1 aromatic carbocycles. The van der Waals surface area contributed by atoms with E-state index in [-0.39, 0.29) is 20.1 Å². The molecule has 3 heterocycles. The van der Waals surface area contributed by atoms with Crippen molar-refractivity contribution in [3.05, 3.63) is 78.4 Å². The second-order valence-electron chi connectivity index (χ2n) is 4.17. The monoisotopic (exact) mass is 411 g/mol. The van der Waals surface area contributed by atoms with Crippen LogP contribution in [0.1, 0.15) is 5.56 Å². The Morgan fingerprint density at radius 1 is 1.06 bits per heavy atom. The van der Waals surface area contributed by atoms with E-state index in [1.807, 2.05) is 18.2 Å². The number of anilines is 1. The fraction of sp³-hybridized carbons (Fsp3) is 0. The number of hydrogen-bond donors (Lipinski definition) is 0. The zero-order chi connectivity index (χ0) is 11.2. The first-order valence-corrected chi connectivity index (χ1v) is 5.64. The summed E-state index contributed by atoms with van der Waals surface area (Å²) >= 11 is 0. The van der Waals surface area contributed by atoms with Crippen LogP contribution in [0.5, 0.6) is 0 Å². The maximum atomic E-state index is 3.30. The fourth-order valence-electron chi connectivity index (χ4n) is 2.38. The summed E-state index contributed by atoms with van der Waals surface area (Å²) in [5.41, 5.74) is 4.75. The van der Waals surface area contributed by atoms with E-state index in [2.05, 4.69) is 59.1 Å². The maximum Gasteiger partial charge on any atom is 0.0339 e. The Labute approximate surface area is 120 Å². The van der Waals surface area contributed by atoms with Crippen molar-refractivity contribution in [3.63, 3.8) is 0 Å². The van der Waals surface area contributed by atoms with E-state index in [0.717, 1.165) is 5.69 Å². The Morgan fingerprint density at radius 2 is 2.00 bits per heavy atom. The first-order valence-electron chi connectivity index (χ1n) is 5.64. The van der Waals surface area contributed by atoms with Crippen LogP contribution < -0.4 is 4.90 Å². The van der Waals surface area contributed by atoms with Crippen molar-refractivity contribution in [2.45, 2.75) is 0 Å². The van der Waals surface area contributed by atoms with Gasteiger partial charge < -0.3 is 9.80 Å². The van der Waals surface area contributed by atoms with Crippen LogP contribution in [-0.4, -0.2) is 4.90 Å². The molecule has 3 aliphatic rings. The Kier molecular flexibility index (Phi) is 2.73. The van der Waals surface area contributed by atoms with Gasteiger partial charge in [0.05, 0.1) is 0 Å². The van der Waals surface area contributed by atoms with Gasteiger partial charge in [-0.1, -0.05) is 17.8 Å². The topological polar surface area (TPSA) is 6.48 Å². The zero-order valence-electron chi connectivity index (χ0n) is 9.50. The van der Waals surface area contributed by atoms with Gasteiger partial charge in [0.1, 0.15) is 0 Å². The summed E-state index contributed by atoms with van der Waals surface area (Å²) in [6, 6.07) is 9.39. The SMILES string of the molecule is [Ir].[c-]1cccc2c1N1[CH-]N3C=CC=CC3=C1C=C2. The average molecular weight is 410 g/mol. The van der Waals surface area contributed by atoms with E-state index in [1.165, 1.54) is 17.0 Å². The molecule has 0 unspecified atom stereocenters. The summed E-state index contributed by atoms with van der Waals surface area (Å²) < 4.78 is 0. The van der Waals surface area contributed by atoms with Gasteiger partial charge >= 0.3 is 0 Å². The molecule has 0 fully saturated rings. The second kappa shape index (κ2) is 4.27. The van der Waals surface area contributed by atoms with E-state index in [0.29, 0.717) is 0 Å². The molecule has 0 aromatic heterocycles. The summed E-state index contributed by atoms with van der Waals surface area (Å²) in [7, 11) is 0. The standard InChI is InChI=1S/C15H10N2.Ir/c1-2-6-13-12(5-1)8-9-15-14-7-3-4-10-16(14)11-17(13)15;/h1-5,7-11H;/q-2;. The minimum atomic E-state index is 0. The third-order valence-electron chi connectivity index (χ3n) is 3.18. The number of fused-ring (bicyclic) bond motifs is 4. The second-order valence-corrected chi connectivity index (χ2v) is 4.17. The van der Waals surface area contributed by atoms with Crippen molar-refractivity contribution in [1.82, 2.24) is 4.90 Å². The van der Waals surface area contributed by atoms with Gasteiger partial charge in [0.25, 0.3) is 0 Å². The molecular formula is C15H10IrN2-2. The van der Waals surface area contributed by atoms with Crippen molar-refractivity contribution in [2.75, 3.05) is 4.90 Å². The normalized spacial score (nSPS) is 18.4. The molecule has 1 radical (unpaired) electrons. The summed E-state index contributed by atoms with van der Waals surface area (Å²) in [6.45, 7) is 2.10. The predicted molar refractivity (Wildman–Crippen MR) is 68.2 cm³/mol. The van der Waals surface area contributed by atoms with Crippen molar-refractivity contribution in [1.29, 1.82) is 0 Å². The van der Waals surface area contributed by atoms with Crippen LogP contribution in [0.4, 0.5) is 5.69 Å². The first-order chi connectivity index (χ1) is 8.43. The molecule has 91 valence electrons. The van der Waals surface area contributed by atoms with E-state index >= 15 is 0 Å². The fourth-order valence-corrected chi connectivity index (χ4v) is 2.38. The molecule has 0 spiro atoms. The molecule has 1 aromatic rings. The van der Waals surface area contributed by atoms with Gasteiger partial charge in [-0.15, -0.1) is 18.3 Å². The molecular weight excluding hydrogens is 400 g/mol. The number of nitrogens with zero attached hydrogens (tertiary/aromatic N) is 2. The van der Waals surface area contributed by atoms with E-state index in [1.54, 1.807) is 0 Å². The molecule has 3 heteroatoms. The summed E-state index contributed by atoms with van der Waals surface area (Å²) in [5.74, 6) is 0. The molecule has 0 aliphatic carbocycles. The molecule has 0 saturated heterocycles. The number of para-hydroxylation sites is 1. The van der Waals surface area contributed by atoms with Crippen LogP contribution >= 0.6 is 0 Å². The number of rotatable bonds is 0. The molecule has 4 rings (SSSR count). The Balaban J connectivity index is 0.000001000. The third-order valence-corrected chi connectivity index (χ3v) is 3.18. The van der Waals surface area contributed by atoms with Gasteiger partial charge in [0.2, 0.25) is 0 Å². The Morgan fingerprint density at radius 3 is 2.94 bits per heavy atom. The van der Waals surface area contributed by atoms with Gasteiger partial charge in [0, 0.05) is 31.5 Å². The number of benzene rings is 1. The quantitative estimate of drug-likeness (QED) is 0.607. The van der Waals surface area contributed by atoms with E-state index < -0.39 is 0 Å². The van der Waals surface area contributed by atoms with Crippen molar-refractivity contribution in [3.8, 4) is 0 Å². The zero-order valence-corrected chi connectivity index (χ0v) is 11.9. The van der Waals surface area contributed by atoms with Gasteiger partial charge in [-0.2, -0.15) is 24.3 Å². The summed E-state index contributed by atoms with van der Waals surface area (Å²) in [5, 5.41) is 0. The molecule has 2 nitrogen and oxygen atoms in total. The molecule has 0 bridgehead atoms. The molecule has 0 saturated carbocycles. The summed E-state index contributed by atoms with van der Waals surface area (Å²) in [6.07, 6.45) is 12.6. The van der Waals surface area contributed by atoms with Crippen molar-refractivity contribution >= 4 is 11.8 Å². The van der Waals surface area contributed by atoms with Crippen LogP contribution in [0.15, 0.2) is 60.1 Å². The van der Waals surface area contributed by atoms with Crippen LogP contribution in [-0.2, 0) is 20.1 Å². The molecule has 18 heavy (non-hydrogen) atoms.